The SMILES string of the molecule is C=C=CC(C/C=C/c1ccccc1)[Si](C)(C)C. The maximum Gasteiger partial charge on any atom is 0.0525 e. The normalized spacial score (nSPS) is 13.4. The fraction of sp³-hybridized carbons (Fsp3) is 0.312. The largest absolute Gasteiger partial charge is 0.133 e. The Morgan fingerprint density at radius 1 is 1.24 bits per heavy atom. The summed E-state index contributed by atoms with van der Waals surface area (Å²) in [5, 5.41) is 0. The van der Waals surface area contributed by atoms with Crippen LogP contribution in [0.2, 0.25) is 25.2 Å². The number of allylic oxidation sites excluding steroid dienone is 2. The molecule has 0 saturated heterocycles. The molecule has 0 aliphatic heterocycles. The van der Waals surface area contributed by atoms with Crippen LogP contribution in [-0.4, -0.2) is 8.07 Å². The van der Waals surface area contributed by atoms with Crippen molar-refractivity contribution in [1.82, 2.24) is 0 Å². The Kier molecular flexibility index (Phi) is 5.21. The van der Waals surface area contributed by atoms with Crippen LogP contribution >= 0.6 is 0 Å². The molecule has 0 bridgehead atoms. The first-order valence-electron chi connectivity index (χ1n) is 6.11. The molecule has 0 aromatic heterocycles. The topological polar surface area (TPSA) is 0 Å². The van der Waals surface area contributed by atoms with Gasteiger partial charge < -0.3 is 0 Å². The molecule has 1 rings (SSSR count). The van der Waals surface area contributed by atoms with Crippen molar-refractivity contribution in [2.24, 2.45) is 0 Å². The summed E-state index contributed by atoms with van der Waals surface area (Å²) in [5.74, 6) is 0. The lowest BCUT2D eigenvalue weighted by atomic mass is 10.2. The van der Waals surface area contributed by atoms with E-state index < -0.39 is 8.07 Å². The van der Waals surface area contributed by atoms with E-state index in [1.54, 1.807) is 0 Å². The van der Waals surface area contributed by atoms with Crippen molar-refractivity contribution in [3.8, 4) is 0 Å². The average Bonchev–Trinajstić information content (AvgIpc) is 2.28. The monoisotopic (exact) mass is 242 g/mol. The van der Waals surface area contributed by atoms with Gasteiger partial charge in [-0.3, -0.25) is 0 Å². The minimum Gasteiger partial charge on any atom is -0.133 e. The first-order chi connectivity index (χ1) is 8.04. The summed E-state index contributed by atoms with van der Waals surface area (Å²) >= 11 is 0. The highest BCUT2D eigenvalue weighted by molar-refractivity contribution is 6.78. The molecule has 0 aliphatic rings. The molecule has 0 fully saturated rings. The van der Waals surface area contributed by atoms with Gasteiger partial charge in [0.1, 0.15) is 0 Å². The molecular weight excluding hydrogens is 220 g/mol. The zero-order valence-corrected chi connectivity index (χ0v) is 12.1. The van der Waals surface area contributed by atoms with Gasteiger partial charge in [-0.15, -0.1) is 5.73 Å². The Balaban J connectivity index is 2.65. The van der Waals surface area contributed by atoms with E-state index in [1.807, 2.05) is 6.07 Å². The van der Waals surface area contributed by atoms with Crippen LogP contribution in [0.25, 0.3) is 6.08 Å². The minimum absolute atomic E-state index is 0.625. The Bertz CT molecular complexity index is 403. The van der Waals surface area contributed by atoms with Gasteiger partial charge in [-0.2, -0.15) is 0 Å². The van der Waals surface area contributed by atoms with E-state index in [2.05, 4.69) is 74.4 Å². The lowest BCUT2D eigenvalue weighted by molar-refractivity contribution is 0.997. The smallest absolute Gasteiger partial charge is 0.0525 e. The molecule has 0 saturated carbocycles. The predicted octanol–water partition coefficient (Wildman–Crippen LogP) is 5.14. The van der Waals surface area contributed by atoms with E-state index >= 15 is 0 Å². The second-order valence-electron chi connectivity index (χ2n) is 5.39. The van der Waals surface area contributed by atoms with Gasteiger partial charge in [-0.1, -0.05) is 68.7 Å². The highest BCUT2D eigenvalue weighted by Gasteiger charge is 2.22. The molecule has 0 aliphatic carbocycles. The van der Waals surface area contributed by atoms with Gasteiger partial charge in [-0.05, 0) is 23.6 Å². The molecule has 0 amide bonds. The third kappa shape index (κ3) is 5.03. The Morgan fingerprint density at radius 2 is 1.88 bits per heavy atom. The van der Waals surface area contributed by atoms with Crippen LogP contribution < -0.4 is 0 Å². The van der Waals surface area contributed by atoms with E-state index in [9.17, 15) is 0 Å². The van der Waals surface area contributed by atoms with Gasteiger partial charge in [0.25, 0.3) is 0 Å². The van der Waals surface area contributed by atoms with Crippen molar-refractivity contribution in [2.75, 3.05) is 0 Å². The zero-order valence-electron chi connectivity index (χ0n) is 11.1. The average molecular weight is 242 g/mol. The van der Waals surface area contributed by atoms with Crippen LogP contribution in [0.3, 0.4) is 0 Å². The van der Waals surface area contributed by atoms with Crippen LogP contribution in [-0.2, 0) is 0 Å². The quantitative estimate of drug-likeness (QED) is 0.495. The van der Waals surface area contributed by atoms with Crippen molar-refractivity contribution in [1.29, 1.82) is 0 Å². The molecule has 1 atom stereocenters. The fourth-order valence-electron chi connectivity index (χ4n) is 1.73. The molecule has 17 heavy (non-hydrogen) atoms. The minimum atomic E-state index is -1.16. The molecule has 0 N–H and O–H groups in total. The van der Waals surface area contributed by atoms with Gasteiger partial charge in [0, 0.05) is 0 Å². The lowest BCUT2D eigenvalue weighted by Gasteiger charge is -2.24. The molecule has 0 nitrogen and oxygen atoms in total. The second-order valence-corrected chi connectivity index (χ2v) is 10.9. The number of rotatable bonds is 5. The summed E-state index contributed by atoms with van der Waals surface area (Å²) in [7, 11) is -1.16. The van der Waals surface area contributed by atoms with Gasteiger partial charge in [0.15, 0.2) is 0 Å². The van der Waals surface area contributed by atoms with Crippen LogP contribution in [0, 0.1) is 0 Å². The lowest BCUT2D eigenvalue weighted by Crippen LogP contribution is -2.26. The number of benzene rings is 1. The predicted molar refractivity (Wildman–Crippen MR) is 80.9 cm³/mol. The molecule has 90 valence electrons. The van der Waals surface area contributed by atoms with E-state index in [1.165, 1.54) is 5.56 Å². The molecule has 1 unspecified atom stereocenters. The summed E-state index contributed by atoms with van der Waals surface area (Å²) in [5.41, 5.74) is 4.84. The first-order valence-corrected chi connectivity index (χ1v) is 9.69. The summed E-state index contributed by atoms with van der Waals surface area (Å²) in [6.07, 6.45) is 7.70. The Morgan fingerprint density at radius 3 is 2.41 bits per heavy atom. The molecule has 0 radical (unpaired) electrons. The van der Waals surface area contributed by atoms with E-state index in [4.69, 9.17) is 0 Å². The van der Waals surface area contributed by atoms with Crippen LogP contribution in [0.4, 0.5) is 0 Å². The first kappa shape index (κ1) is 13.8. The fourth-order valence-corrected chi connectivity index (χ4v) is 3.19. The van der Waals surface area contributed by atoms with E-state index in [-0.39, 0.29) is 0 Å². The van der Waals surface area contributed by atoms with Crippen molar-refractivity contribution >= 4 is 14.1 Å². The van der Waals surface area contributed by atoms with E-state index in [0.717, 1.165) is 6.42 Å². The molecule has 1 aromatic carbocycles. The van der Waals surface area contributed by atoms with Crippen molar-refractivity contribution in [2.45, 2.75) is 31.6 Å². The maximum atomic E-state index is 3.70. The molecule has 1 heteroatoms. The number of hydrogen-bond acceptors (Lipinski definition) is 0. The van der Waals surface area contributed by atoms with Gasteiger partial charge in [0.2, 0.25) is 0 Å². The molecule has 1 aromatic rings. The van der Waals surface area contributed by atoms with Gasteiger partial charge in [0.05, 0.1) is 8.07 Å². The third-order valence-corrected chi connectivity index (χ3v) is 5.56. The van der Waals surface area contributed by atoms with Crippen LogP contribution in [0.5, 0.6) is 0 Å². The summed E-state index contributed by atoms with van der Waals surface area (Å²) in [6, 6.07) is 10.4. The highest BCUT2D eigenvalue weighted by atomic mass is 28.3. The Labute approximate surface area is 106 Å². The summed E-state index contributed by atoms with van der Waals surface area (Å²) in [4.78, 5) is 0. The summed E-state index contributed by atoms with van der Waals surface area (Å²) < 4.78 is 0. The van der Waals surface area contributed by atoms with Crippen molar-refractivity contribution in [3.05, 3.63) is 60.4 Å². The van der Waals surface area contributed by atoms with E-state index in [0.29, 0.717) is 5.54 Å². The van der Waals surface area contributed by atoms with Gasteiger partial charge >= 0.3 is 0 Å². The Hall–Kier alpha value is -1.30. The highest BCUT2D eigenvalue weighted by Crippen LogP contribution is 2.27. The van der Waals surface area contributed by atoms with Crippen molar-refractivity contribution in [3.63, 3.8) is 0 Å². The number of hydrogen-bond donors (Lipinski definition) is 0. The van der Waals surface area contributed by atoms with Gasteiger partial charge in [-0.25, -0.2) is 0 Å². The molecular formula is C16H22Si. The van der Waals surface area contributed by atoms with Crippen LogP contribution in [0.15, 0.2) is 54.8 Å². The second kappa shape index (κ2) is 6.44. The molecule has 0 heterocycles. The maximum absolute atomic E-state index is 3.70. The summed E-state index contributed by atoms with van der Waals surface area (Å²) in [6.45, 7) is 10.9. The molecule has 0 spiro atoms. The standard InChI is InChI=1S/C16H22Si/c1-5-10-16(17(2,3)4)14-9-13-15-11-7-6-8-12-15/h6-13,16H,1,14H2,2-4H3/b13-9+. The van der Waals surface area contributed by atoms with Crippen molar-refractivity contribution < 1.29 is 0 Å². The zero-order chi connectivity index (χ0) is 12.7. The third-order valence-electron chi connectivity index (χ3n) is 2.93. The van der Waals surface area contributed by atoms with Crippen LogP contribution in [0.1, 0.15) is 12.0 Å².